The topological polar surface area (TPSA) is 35.8 Å². The molecular weight excluding hydrogens is 246 g/mol. The van der Waals surface area contributed by atoms with Gasteiger partial charge in [0.2, 0.25) is 0 Å². The first-order chi connectivity index (χ1) is 9.20. The van der Waals surface area contributed by atoms with E-state index in [0.717, 1.165) is 5.69 Å². The van der Waals surface area contributed by atoms with E-state index in [1.54, 1.807) is 12.1 Å². The molecule has 2 nitrogen and oxygen atoms in total. The molecule has 0 saturated heterocycles. The van der Waals surface area contributed by atoms with Crippen LogP contribution in [-0.2, 0) is 0 Å². The lowest BCUT2D eigenvalue weighted by molar-refractivity contribution is 0.151. The van der Waals surface area contributed by atoms with E-state index in [4.69, 9.17) is 5.26 Å². The molecule has 0 aliphatic rings. The summed E-state index contributed by atoms with van der Waals surface area (Å²) < 4.78 is 24.9. The van der Waals surface area contributed by atoms with Crippen molar-refractivity contribution in [3.8, 4) is 6.07 Å². The van der Waals surface area contributed by atoms with Gasteiger partial charge in [-0.15, -0.1) is 0 Å². The summed E-state index contributed by atoms with van der Waals surface area (Å²) in [5.74, 6) is 0. The Morgan fingerprint density at radius 3 is 2.00 bits per heavy atom. The number of nitriles is 1. The summed E-state index contributed by atoms with van der Waals surface area (Å²) in [7, 11) is 0. The summed E-state index contributed by atoms with van der Waals surface area (Å²) in [5.41, 5.74) is 1.43. The molecule has 96 valence electrons. The normalized spacial score (nSPS) is 11.9. The molecule has 0 amide bonds. The molecule has 0 radical (unpaired) electrons. The molecule has 0 fully saturated rings. The van der Waals surface area contributed by atoms with Gasteiger partial charge >= 0.3 is 0 Å². The Labute approximate surface area is 110 Å². The smallest absolute Gasteiger partial charge is 0.263 e. The van der Waals surface area contributed by atoms with Crippen LogP contribution in [0.4, 0.5) is 14.5 Å². The molecule has 0 aromatic heterocycles. The summed E-state index contributed by atoms with van der Waals surface area (Å²) in [5, 5.41) is 12.2. The Morgan fingerprint density at radius 2 is 1.47 bits per heavy atom. The van der Waals surface area contributed by atoms with Crippen molar-refractivity contribution in [1.29, 1.82) is 5.26 Å². The Kier molecular flexibility index (Phi) is 4.09. The number of rotatable bonds is 4. The quantitative estimate of drug-likeness (QED) is 0.887. The lowest BCUT2D eigenvalue weighted by atomic mass is 10.1. The number of nitrogens with one attached hydrogen (secondary N) is 1. The Balaban J connectivity index is 2.16. The number of anilines is 1. The third-order valence-electron chi connectivity index (χ3n) is 2.74. The second-order valence-corrected chi connectivity index (χ2v) is 4.04. The number of hydrogen-bond donors (Lipinski definition) is 1. The molecule has 0 aliphatic heterocycles. The van der Waals surface area contributed by atoms with Crippen molar-refractivity contribution in [2.24, 2.45) is 0 Å². The fourth-order valence-electron chi connectivity index (χ4n) is 1.73. The molecule has 1 unspecified atom stereocenters. The van der Waals surface area contributed by atoms with Gasteiger partial charge in [0.25, 0.3) is 6.43 Å². The first kappa shape index (κ1) is 13.0. The fraction of sp³-hybridized carbons (Fsp3) is 0.133. The molecule has 1 atom stereocenters. The standard InChI is InChI=1S/C15H12F2N2/c16-15(17)12-8-6-11(7-9-12)14(10-18)19-13-4-2-1-3-5-13/h1-9,14-15,19H. The van der Waals surface area contributed by atoms with E-state index in [0.29, 0.717) is 5.56 Å². The van der Waals surface area contributed by atoms with Crippen molar-refractivity contribution in [2.75, 3.05) is 5.32 Å². The number of hydrogen-bond acceptors (Lipinski definition) is 2. The molecule has 1 N–H and O–H groups in total. The zero-order valence-corrected chi connectivity index (χ0v) is 10.1. The Morgan fingerprint density at radius 1 is 0.895 bits per heavy atom. The largest absolute Gasteiger partial charge is 0.366 e. The van der Waals surface area contributed by atoms with Gasteiger partial charge in [0.1, 0.15) is 6.04 Å². The third kappa shape index (κ3) is 3.29. The molecule has 4 heteroatoms. The molecule has 0 bridgehead atoms. The van der Waals surface area contributed by atoms with Gasteiger partial charge in [0, 0.05) is 11.3 Å². The maximum Gasteiger partial charge on any atom is 0.263 e. The molecule has 0 spiro atoms. The van der Waals surface area contributed by atoms with Gasteiger partial charge in [-0.1, -0.05) is 42.5 Å². The van der Waals surface area contributed by atoms with E-state index < -0.39 is 12.5 Å². The minimum atomic E-state index is -2.49. The van der Waals surface area contributed by atoms with Gasteiger partial charge in [0.05, 0.1) is 6.07 Å². The van der Waals surface area contributed by atoms with Gasteiger partial charge < -0.3 is 5.32 Å². The van der Waals surface area contributed by atoms with Crippen molar-refractivity contribution >= 4 is 5.69 Å². The highest BCUT2D eigenvalue weighted by Crippen LogP contribution is 2.23. The van der Waals surface area contributed by atoms with E-state index in [9.17, 15) is 8.78 Å². The number of benzene rings is 2. The molecule has 0 saturated carbocycles. The Bertz CT molecular complexity index is 559. The number of nitrogens with zero attached hydrogens (tertiary/aromatic N) is 1. The van der Waals surface area contributed by atoms with Crippen LogP contribution >= 0.6 is 0 Å². The highest BCUT2D eigenvalue weighted by Gasteiger charge is 2.12. The molecule has 2 aromatic carbocycles. The summed E-state index contributed by atoms with van der Waals surface area (Å²) in [4.78, 5) is 0. The molecule has 2 aromatic rings. The highest BCUT2D eigenvalue weighted by molar-refractivity contribution is 5.47. The average molecular weight is 258 g/mol. The first-order valence-electron chi connectivity index (χ1n) is 5.80. The van der Waals surface area contributed by atoms with Crippen LogP contribution in [0, 0.1) is 11.3 Å². The van der Waals surface area contributed by atoms with E-state index in [1.165, 1.54) is 12.1 Å². The number of halogens is 2. The van der Waals surface area contributed by atoms with Gasteiger partial charge in [-0.3, -0.25) is 0 Å². The van der Waals surface area contributed by atoms with Crippen molar-refractivity contribution in [2.45, 2.75) is 12.5 Å². The van der Waals surface area contributed by atoms with Crippen LogP contribution in [0.25, 0.3) is 0 Å². The zero-order valence-electron chi connectivity index (χ0n) is 10.1. The number of alkyl halides is 2. The predicted molar refractivity (Wildman–Crippen MR) is 69.8 cm³/mol. The molecular formula is C15H12F2N2. The Hall–Kier alpha value is -2.41. The summed E-state index contributed by atoms with van der Waals surface area (Å²) in [6.45, 7) is 0. The monoisotopic (exact) mass is 258 g/mol. The number of para-hydroxylation sites is 1. The summed E-state index contributed by atoms with van der Waals surface area (Å²) in [6, 6.07) is 16.6. The second-order valence-electron chi connectivity index (χ2n) is 4.04. The average Bonchev–Trinajstić information content (AvgIpc) is 2.46. The van der Waals surface area contributed by atoms with Crippen LogP contribution in [0.15, 0.2) is 54.6 Å². The first-order valence-corrected chi connectivity index (χ1v) is 5.80. The summed E-state index contributed by atoms with van der Waals surface area (Å²) in [6.07, 6.45) is -2.49. The minimum Gasteiger partial charge on any atom is -0.366 e. The van der Waals surface area contributed by atoms with Gasteiger partial charge in [0.15, 0.2) is 0 Å². The van der Waals surface area contributed by atoms with Crippen LogP contribution in [0.5, 0.6) is 0 Å². The van der Waals surface area contributed by atoms with E-state index in [-0.39, 0.29) is 5.56 Å². The van der Waals surface area contributed by atoms with E-state index in [1.807, 2.05) is 30.3 Å². The van der Waals surface area contributed by atoms with Gasteiger partial charge in [-0.2, -0.15) is 5.26 Å². The van der Waals surface area contributed by atoms with Crippen LogP contribution in [0.2, 0.25) is 0 Å². The van der Waals surface area contributed by atoms with Crippen LogP contribution in [-0.4, -0.2) is 0 Å². The minimum absolute atomic E-state index is 0.0415. The van der Waals surface area contributed by atoms with Gasteiger partial charge in [-0.05, 0) is 17.7 Å². The maximum absolute atomic E-state index is 12.4. The molecule has 0 heterocycles. The highest BCUT2D eigenvalue weighted by atomic mass is 19.3. The zero-order chi connectivity index (χ0) is 13.7. The predicted octanol–water partition coefficient (Wildman–Crippen LogP) is 4.30. The molecule has 0 aliphatic carbocycles. The SMILES string of the molecule is N#CC(Nc1ccccc1)c1ccc(C(F)F)cc1. The van der Waals surface area contributed by atoms with Crippen molar-refractivity contribution < 1.29 is 8.78 Å². The maximum atomic E-state index is 12.4. The van der Waals surface area contributed by atoms with Crippen molar-refractivity contribution in [3.05, 3.63) is 65.7 Å². The lowest BCUT2D eigenvalue weighted by Gasteiger charge is -2.13. The van der Waals surface area contributed by atoms with Crippen molar-refractivity contribution in [3.63, 3.8) is 0 Å². The fourth-order valence-corrected chi connectivity index (χ4v) is 1.73. The van der Waals surface area contributed by atoms with Gasteiger partial charge in [-0.25, -0.2) is 8.78 Å². The van der Waals surface area contributed by atoms with E-state index in [2.05, 4.69) is 11.4 Å². The third-order valence-corrected chi connectivity index (χ3v) is 2.74. The molecule has 19 heavy (non-hydrogen) atoms. The second kappa shape index (κ2) is 5.96. The van der Waals surface area contributed by atoms with Crippen LogP contribution < -0.4 is 5.32 Å². The van der Waals surface area contributed by atoms with E-state index >= 15 is 0 Å². The summed E-state index contributed by atoms with van der Waals surface area (Å²) >= 11 is 0. The lowest BCUT2D eigenvalue weighted by Crippen LogP contribution is -2.08. The van der Waals surface area contributed by atoms with Crippen molar-refractivity contribution in [1.82, 2.24) is 0 Å². The molecule has 2 rings (SSSR count). The van der Waals surface area contributed by atoms with Crippen LogP contribution in [0.1, 0.15) is 23.6 Å². The van der Waals surface area contributed by atoms with Crippen LogP contribution in [0.3, 0.4) is 0 Å².